The normalized spacial score (nSPS) is 14.3. The van der Waals surface area contributed by atoms with Crippen molar-refractivity contribution < 1.29 is 4.79 Å². The summed E-state index contributed by atoms with van der Waals surface area (Å²) in [5.41, 5.74) is 3.61. The van der Waals surface area contributed by atoms with Gasteiger partial charge in [0, 0.05) is 56.0 Å². The highest BCUT2D eigenvalue weighted by molar-refractivity contribution is 5.94. The molecule has 3 heterocycles. The summed E-state index contributed by atoms with van der Waals surface area (Å²) in [6, 6.07) is 17.9. The van der Waals surface area contributed by atoms with Crippen molar-refractivity contribution >= 4 is 11.6 Å². The van der Waals surface area contributed by atoms with Crippen molar-refractivity contribution in [2.75, 3.05) is 31.1 Å². The molecule has 1 fully saturated rings. The molecule has 0 aliphatic carbocycles. The van der Waals surface area contributed by atoms with E-state index in [1.54, 1.807) is 18.6 Å². The third-order valence-corrected chi connectivity index (χ3v) is 4.66. The lowest BCUT2D eigenvalue weighted by Crippen LogP contribution is -2.48. The fourth-order valence-electron chi connectivity index (χ4n) is 3.19. The molecule has 130 valence electrons. The molecule has 1 aromatic carbocycles. The largest absolute Gasteiger partial charge is 0.368 e. The number of benzene rings is 1. The minimum atomic E-state index is 0.0444. The van der Waals surface area contributed by atoms with E-state index in [1.165, 1.54) is 5.69 Å². The quantitative estimate of drug-likeness (QED) is 0.732. The van der Waals surface area contributed by atoms with E-state index in [1.807, 2.05) is 47.4 Å². The molecule has 1 amide bonds. The standard InChI is InChI=1S/C21H20N4O/c26-21(18-8-9-20(23-16-18)17-5-4-10-22-15-17)25-13-11-24(12-14-25)19-6-2-1-3-7-19/h1-10,15-16H,11-14H2. The Morgan fingerprint density at radius 2 is 1.65 bits per heavy atom. The van der Waals surface area contributed by atoms with Crippen LogP contribution >= 0.6 is 0 Å². The number of amides is 1. The minimum absolute atomic E-state index is 0.0444. The number of anilines is 1. The smallest absolute Gasteiger partial charge is 0.255 e. The van der Waals surface area contributed by atoms with E-state index >= 15 is 0 Å². The molecule has 5 heteroatoms. The summed E-state index contributed by atoms with van der Waals surface area (Å²) in [5.74, 6) is 0.0444. The van der Waals surface area contributed by atoms with Gasteiger partial charge in [-0.15, -0.1) is 0 Å². The van der Waals surface area contributed by atoms with Crippen molar-refractivity contribution in [2.45, 2.75) is 0 Å². The van der Waals surface area contributed by atoms with E-state index in [-0.39, 0.29) is 5.91 Å². The van der Waals surface area contributed by atoms with Crippen LogP contribution < -0.4 is 4.90 Å². The second-order valence-electron chi connectivity index (χ2n) is 6.29. The monoisotopic (exact) mass is 344 g/mol. The number of rotatable bonds is 3. The molecule has 1 aliphatic rings. The van der Waals surface area contributed by atoms with E-state index in [0.29, 0.717) is 5.56 Å². The average Bonchev–Trinajstić information content (AvgIpc) is 2.75. The molecule has 26 heavy (non-hydrogen) atoms. The van der Waals surface area contributed by atoms with Gasteiger partial charge in [-0.1, -0.05) is 18.2 Å². The maximum atomic E-state index is 12.7. The van der Waals surface area contributed by atoms with Crippen LogP contribution in [0.3, 0.4) is 0 Å². The second-order valence-corrected chi connectivity index (χ2v) is 6.29. The number of carbonyl (C=O) groups is 1. The number of piperazine rings is 1. The molecule has 4 rings (SSSR count). The van der Waals surface area contributed by atoms with Crippen LogP contribution in [0.4, 0.5) is 5.69 Å². The van der Waals surface area contributed by atoms with Crippen molar-refractivity contribution in [3.63, 3.8) is 0 Å². The fourth-order valence-corrected chi connectivity index (χ4v) is 3.19. The number of aromatic nitrogens is 2. The highest BCUT2D eigenvalue weighted by Gasteiger charge is 2.22. The summed E-state index contributed by atoms with van der Waals surface area (Å²) in [7, 11) is 0. The molecule has 0 unspecified atom stereocenters. The number of para-hydroxylation sites is 1. The molecule has 5 nitrogen and oxygen atoms in total. The van der Waals surface area contributed by atoms with Gasteiger partial charge in [-0.2, -0.15) is 0 Å². The maximum Gasteiger partial charge on any atom is 0.255 e. The van der Waals surface area contributed by atoms with Crippen LogP contribution in [0.15, 0.2) is 73.2 Å². The van der Waals surface area contributed by atoms with E-state index in [4.69, 9.17) is 0 Å². The number of pyridine rings is 2. The molecular weight excluding hydrogens is 324 g/mol. The molecule has 0 spiro atoms. The van der Waals surface area contributed by atoms with Crippen molar-refractivity contribution in [2.24, 2.45) is 0 Å². The van der Waals surface area contributed by atoms with Crippen LogP contribution in [-0.2, 0) is 0 Å². The maximum absolute atomic E-state index is 12.7. The average molecular weight is 344 g/mol. The predicted octanol–water partition coefficient (Wildman–Crippen LogP) is 3.11. The molecule has 0 bridgehead atoms. The Labute approximate surface area is 152 Å². The first-order chi connectivity index (χ1) is 12.8. The van der Waals surface area contributed by atoms with Crippen LogP contribution in [0.2, 0.25) is 0 Å². The van der Waals surface area contributed by atoms with Crippen molar-refractivity contribution in [1.29, 1.82) is 0 Å². The second kappa shape index (κ2) is 7.35. The van der Waals surface area contributed by atoms with E-state index < -0.39 is 0 Å². The zero-order chi connectivity index (χ0) is 17.8. The van der Waals surface area contributed by atoms with E-state index in [9.17, 15) is 4.79 Å². The molecule has 0 saturated carbocycles. The van der Waals surface area contributed by atoms with Crippen molar-refractivity contribution in [1.82, 2.24) is 14.9 Å². The number of nitrogens with zero attached hydrogens (tertiary/aromatic N) is 4. The van der Waals surface area contributed by atoms with Gasteiger partial charge in [-0.3, -0.25) is 14.8 Å². The lowest BCUT2D eigenvalue weighted by Gasteiger charge is -2.36. The third-order valence-electron chi connectivity index (χ3n) is 4.66. The lowest BCUT2D eigenvalue weighted by molar-refractivity contribution is 0.0746. The van der Waals surface area contributed by atoms with Gasteiger partial charge in [0.2, 0.25) is 0 Å². The highest BCUT2D eigenvalue weighted by atomic mass is 16.2. The Hall–Kier alpha value is -3.21. The summed E-state index contributed by atoms with van der Waals surface area (Å²) in [4.78, 5) is 25.5. The van der Waals surface area contributed by atoms with Gasteiger partial charge in [0.1, 0.15) is 0 Å². The molecule has 2 aromatic heterocycles. The topological polar surface area (TPSA) is 49.3 Å². The zero-order valence-corrected chi connectivity index (χ0v) is 14.5. The Balaban J connectivity index is 1.41. The molecular formula is C21H20N4O. The zero-order valence-electron chi connectivity index (χ0n) is 14.5. The predicted molar refractivity (Wildman–Crippen MR) is 102 cm³/mol. The molecule has 0 N–H and O–H groups in total. The first-order valence-electron chi connectivity index (χ1n) is 8.77. The van der Waals surface area contributed by atoms with E-state index in [0.717, 1.165) is 37.4 Å². The van der Waals surface area contributed by atoms with Gasteiger partial charge in [0.25, 0.3) is 5.91 Å². The first-order valence-corrected chi connectivity index (χ1v) is 8.77. The van der Waals surface area contributed by atoms with Crippen molar-refractivity contribution in [3.8, 4) is 11.3 Å². The van der Waals surface area contributed by atoms with Gasteiger partial charge in [-0.25, -0.2) is 0 Å². The van der Waals surface area contributed by atoms with Crippen molar-refractivity contribution in [3.05, 3.63) is 78.8 Å². The van der Waals surface area contributed by atoms with Crippen LogP contribution in [0, 0.1) is 0 Å². The van der Waals surface area contributed by atoms with Gasteiger partial charge in [0.05, 0.1) is 11.3 Å². The SMILES string of the molecule is O=C(c1ccc(-c2cccnc2)nc1)N1CCN(c2ccccc2)CC1. The van der Waals surface area contributed by atoms with Crippen LogP contribution in [0.25, 0.3) is 11.3 Å². The summed E-state index contributed by atoms with van der Waals surface area (Å²) < 4.78 is 0. The minimum Gasteiger partial charge on any atom is -0.368 e. The summed E-state index contributed by atoms with van der Waals surface area (Å²) in [5, 5.41) is 0. The molecule has 0 atom stereocenters. The van der Waals surface area contributed by atoms with E-state index in [2.05, 4.69) is 27.0 Å². The number of carbonyl (C=O) groups excluding carboxylic acids is 1. The summed E-state index contributed by atoms with van der Waals surface area (Å²) in [6.45, 7) is 3.13. The molecule has 0 radical (unpaired) electrons. The Bertz CT molecular complexity index is 858. The molecule has 3 aromatic rings. The number of hydrogen-bond acceptors (Lipinski definition) is 4. The van der Waals surface area contributed by atoms with Gasteiger partial charge < -0.3 is 9.80 Å². The van der Waals surface area contributed by atoms with Crippen LogP contribution in [-0.4, -0.2) is 47.0 Å². The lowest BCUT2D eigenvalue weighted by atomic mass is 10.1. The van der Waals surface area contributed by atoms with Gasteiger partial charge in [0.15, 0.2) is 0 Å². The first kappa shape index (κ1) is 16.3. The summed E-state index contributed by atoms with van der Waals surface area (Å²) >= 11 is 0. The molecule has 1 saturated heterocycles. The van der Waals surface area contributed by atoms with Gasteiger partial charge in [-0.05, 0) is 36.4 Å². The summed E-state index contributed by atoms with van der Waals surface area (Å²) in [6.07, 6.45) is 5.16. The Morgan fingerprint density at radius 1 is 0.846 bits per heavy atom. The number of hydrogen-bond donors (Lipinski definition) is 0. The molecule has 1 aliphatic heterocycles. The fraction of sp³-hybridized carbons (Fsp3) is 0.190. The van der Waals surface area contributed by atoms with Gasteiger partial charge >= 0.3 is 0 Å². The third kappa shape index (κ3) is 3.42. The van der Waals surface area contributed by atoms with Crippen LogP contribution in [0.1, 0.15) is 10.4 Å². The Kier molecular flexibility index (Phi) is 4.60. The Morgan fingerprint density at radius 3 is 2.31 bits per heavy atom. The van der Waals surface area contributed by atoms with Crippen LogP contribution in [0.5, 0.6) is 0 Å². The highest BCUT2D eigenvalue weighted by Crippen LogP contribution is 2.18.